The fraction of sp³-hybridized carbons (Fsp3) is 0.923. The Balaban J connectivity index is 3.81. The number of nitrogens with one attached hydrogen (secondary N) is 2. The van der Waals surface area contributed by atoms with Crippen molar-refractivity contribution in [3.05, 3.63) is 0 Å². The first kappa shape index (κ1) is 16.6. The van der Waals surface area contributed by atoms with E-state index in [-0.39, 0.29) is 16.9 Å². The molecule has 0 spiro atoms. The highest BCUT2D eigenvalue weighted by Crippen LogP contribution is 1.99. The zero-order chi connectivity index (χ0) is 13.7. The van der Waals surface area contributed by atoms with Gasteiger partial charge in [0.25, 0.3) is 0 Å². The molecule has 0 atom stereocenters. The van der Waals surface area contributed by atoms with Gasteiger partial charge in [-0.25, -0.2) is 0 Å². The Labute approximate surface area is 106 Å². The number of carbonyl (C=O) groups is 1. The largest absolute Gasteiger partial charge is 0.305 e. The molecule has 102 valence electrons. The third kappa shape index (κ3) is 11.8. The number of ketones is 1. The standard InChI is InChI=1S/C13H29N3O/c1-12(2,3)14-8-11(17)9-16(7)10-15-13(4,5)6/h14-15H,8-10H2,1-7H3. The molecule has 0 radical (unpaired) electrons. The summed E-state index contributed by atoms with van der Waals surface area (Å²) in [6.45, 7) is 14.2. The Morgan fingerprint density at radius 1 is 1.00 bits per heavy atom. The van der Waals surface area contributed by atoms with Crippen LogP contribution in [0.3, 0.4) is 0 Å². The van der Waals surface area contributed by atoms with E-state index in [2.05, 4.69) is 52.2 Å². The van der Waals surface area contributed by atoms with Crippen LogP contribution in [0.4, 0.5) is 0 Å². The zero-order valence-electron chi connectivity index (χ0n) is 12.5. The van der Waals surface area contributed by atoms with E-state index in [1.807, 2.05) is 11.9 Å². The first-order valence-electron chi connectivity index (χ1n) is 6.20. The molecule has 2 N–H and O–H groups in total. The van der Waals surface area contributed by atoms with Crippen molar-refractivity contribution < 1.29 is 4.79 Å². The fourth-order valence-electron chi connectivity index (χ4n) is 1.15. The Morgan fingerprint density at radius 2 is 1.47 bits per heavy atom. The Bertz CT molecular complexity index is 238. The first-order valence-corrected chi connectivity index (χ1v) is 6.20. The van der Waals surface area contributed by atoms with Gasteiger partial charge in [0.2, 0.25) is 0 Å². The van der Waals surface area contributed by atoms with Crippen LogP contribution >= 0.6 is 0 Å². The van der Waals surface area contributed by atoms with Crippen LogP contribution in [0.25, 0.3) is 0 Å². The van der Waals surface area contributed by atoms with E-state index in [0.717, 1.165) is 6.67 Å². The molecule has 17 heavy (non-hydrogen) atoms. The second-order valence-electron chi connectivity index (χ2n) is 6.74. The maximum Gasteiger partial charge on any atom is 0.160 e. The van der Waals surface area contributed by atoms with E-state index in [0.29, 0.717) is 13.1 Å². The van der Waals surface area contributed by atoms with Gasteiger partial charge in [-0.2, -0.15) is 0 Å². The summed E-state index contributed by atoms with van der Waals surface area (Å²) in [4.78, 5) is 13.7. The summed E-state index contributed by atoms with van der Waals surface area (Å²) >= 11 is 0. The molecular formula is C13H29N3O. The van der Waals surface area contributed by atoms with Crippen LogP contribution in [-0.2, 0) is 4.79 Å². The van der Waals surface area contributed by atoms with Gasteiger partial charge in [0, 0.05) is 17.7 Å². The van der Waals surface area contributed by atoms with Crippen molar-refractivity contribution in [2.24, 2.45) is 0 Å². The second-order valence-corrected chi connectivity index (χ2v) is 6.74. The third-order valence-electron chi connectivity index (χ3n) is 2.14. The Kier molecular flexibility index (Phi) is 6.30. The number of nitrogens with zero attached hydrogens (tertiary/aromatic N) is 1. The molecule has 0 fully saturated rings. The molecule has 0 rings (SSSR count). The first-order chi connectivity index (χ1) is 7.49. The molecule has 0 amide bonds. The Hall–Kier alpha value is -0.450. The number of likely N-dealkylation sites (N-methyl/N-ethyl adjacent to an activating group) is 1. The summed E-state index contributed by atoms with van der Waals surface area (Å²) in [7, 11) is 1.95. The van der Waals surface area contributed by atoms with Gasteiger partial charge in [0.1, 0.15) is 0 Å². The number of hydrogen-bond donors (Lipinski definition) is 2. The van der Waals surface area contributed by atoms with E-state index < -0.39 is 0 Å². The summed E-state index contributed by atoms with van der Waals surface area (Å²) < 4.78 is 0. The van der Waals surface area contributed by atoms with Crippen LogP contribution in [0.1, 0.15) is 41.5 Å². The number of rotatable bonds is 6. The molecule has 0 aromatic heterocycles. The van der Waals surface area contributed by atoms with Gasteiger partial charge in [0.05, 0.1) is 13.1 Å². The van der Waals surface area contributed by atoms with Crippen LogP contribution in [0.15, 0.2) is 0 Å². The fourth-order valence-corrected chi connectivity index (χ4v) is 1.15. The van der Waals surface area contributed by atoms with E-state index >= 15 is 0 Å². The van der Waals surface area contributed by atoms with Crippen molar-refractivity contribution in [3.8, 4) is 0 Å². The molecule has 0 aliphatic carbocycles. The van der Waals surface area contributed by atoms with Gasteiger partial charge in [-0.3, -0.25) is 15.0 Å². The molecule has 0 heterocycles. The number of hydrogen-bond acceptors (Lipinski definition) is 4. The summed E-state index contributed by atoms with van der Waals surface area (Å²) in [6.07, 6.45) is 0. The highest BCUT2D eigenvalue weighted by Gasteiger charge is 2.14. The van der Waals surface area contributed by atoms with Gasteiger partial charge < -0.3 is 5.32 Å². The second kappa shape index (κ2) is 6.47. The monoisotopic (exact) mass is 243 g/mol. The van der Waals surface area contributed by atoms with E-state index in [1.165, 1.54) is 0 Å². The minimum absolute atomic E-state index is 0.00209. The van der Waals surface area contributed by atoms with Crippen LogP contribution in [0.2, 0.25) is 0 Å². The summed E-state index contributed by atoms with van der Waals surface area (Å²) in [5, 5.41) is 6.56. The molecule has 0 aromatic rings. The van der Waals surface area contributed by atoms with Crippen LogP contribution < -0.4 is 10.6 Å². The molecule has 0 aliphatic rings. The minimum atomic E-state index is -0.00209. The lowest BCUT2D eigenvalue weighted by molar-refractivity contribution is -0.119. The lowest BCUT2D eigenvalue weighted by Crippen LogP contribution is -2.46. The number of carbonyl (C=O) groups excluding carboxylic acids is 1. The van der Waals surface area contributed by atoms with Gasteiger partial charge in [-0.05, 0) is 48.6 Å². The topological polar surface area (TPSA) is 44.4 Å². The highest BCUT2D eigenvalue weighted by atomic mass is 16.1. The lowest BCUT2D eigenvalue weighted by atomic mass is 10.1. The summed E-state index contributed by atoms with van der Waals surface area (Å²) in [5.41, 5.74) is 0.0822. The van der Waals surface area contributed by atoms with Crippen molar-refractivity contribution >= 4 is 5.78 Å². The van der Waals surface area contributed by atoms with Gasteiger partial charge >= 0.3 is 0 Å². The third-order valence-corrected chi connectivity index (χ3v) is 2.14. The average Bonchev–Trinajstić information content (AvgIpc) is 2.09. The highest BCUT2D eigenvalue weighted by molar-refractivity contribution is 5.82. The molecule has 0 saturated carbocycles. The molecule has 0 bridgehead atoms. The van der Waals surface area contributed by atoms with Crippen LogP contribution in [-0.4, -0.2) is 48.6 Å². The van der Waals surface area contributed by atoms with Crippen molar-refractivity contribution in [3.63, 3.8) is 0 Å². The molecular weight excluding hydrogens is 214 g/mol. The molecule has 0 saturated heterocycles. The van der Waals surface area contributed by atoms with Gasteiger partial charge in [0.15, 0.2) is 5.78 Å². The Morgan fingerprint density at radius 3 is 1.88 bits per heavy atom. The maximum atomic E-state index is 11.7. The van der Waals surface area contributed by atoms with Crippen molar-refractivity contribution in [1.82, 2.24) is 15.5 Å². The number of Topliss-reactive ketones (excluding diaryl/α,β-unsaturated/α-hetero) is 1. The molecule has 4 nitrogen and oxygen atoms in total. The SMILES string of the molecule is CN(CNC(C)(C)C)CC(=O)CNC(C)(C)C. The predicted molar refractivity (Wildman–Crippen MR) is 73.1 cm³/mol. The van der Waals surface area contributed by atoms with Crippen molar-refractivity contribution in [2.75, 3.05) is 26.8 Å². The van der Waals surface area contributed by atoms with Crippen molar-refractivity contribution in [2.45, 2.75) is 52.6 Å². The van der Waals surface area contributed by atoms with E-state index in [4.69, 9.17) is 0 Å². The van der Waals surface area contributed by atoms with E-state index in [1.54, 1.807) is 0 Å². The quantitative estimate of drug-likeness (QED) is 0.689. The molecule has 0 aromatic carbocycles. The maximum absolute atomic E-state index is 11.7. The van der Waals surface area contributed by atoms with Crippen LogP contribution in [0.5, 0.6) is 0 Å². The van der Waals surface area contributed by atoms with Gasteiger partial charge in [-0.1, -0.05) is 0 Å². The van der Waals surface area contributed by atoms with Crippen LogP contribution in [0, 0.1) is 0 Å². The van der Waals surface area contributed by atoms with Gasteiger partial charge in [-0.15, -0.1) is 0 Å². The normalized spacial score (nSPS) is 13.2. The zero-order valence-corrected chi connectivity index (χ0v) is 12.5. The van der Waals surface area contributed by atoms with Crippen molar-refractivity contribution in [1.29, 1.82) is 0 Å². The van der Waals surface area contributed by atoms with E-state index in [9.17, 15) is 4.79 Å². The predicted octanol–water partition coefficient (Wildman–Crippen LogP) is 1.22. The minimum Gasteiger partial charge on any atom is -0.305 e. The molecule has 0 unspecified atom stereocenters. The molecule has 0 aliphatic heterocycles. The smallest absolute Gasteiger partial charge is 0.160 e. The summed E-state index contributed by atoms with van der Waals surface area (Å²) in [5.74, 6) is 0.220. The summed E-state index contributed by atoms with van der Waals surface area (Å²) in [6, 6.07) is 0. The lowest BCUT2D eigenvalue weighted by Gasteiger charge is -2.26. The molecule has 4 heteroatoms. The average molecular weight is 243 g/mol.